The van der Waals surface area contributed by atoms with Gasteiger partial charge in [-0.2, -0.15) is 0 Å². The Hall–Kier alpha value is -1.38. The molecule has 0 aliphatic rings. The minimum absolute atomic E-state index is 0.0133. The number of rotatable bonds is 5. The van der Waals surface area contributed by atoms with E-state index in [2.05, 4.69) is 0 Å². The van der Waals surface area contributed by atoms with E-state index in [1.54, 1.807) is 13.0 Å². The molecule has 82 valence electrons. The minimum atomic E-state index is -0.285. The van der Waals surface area contributed by atoms with E-state index in [4.69, 9.17) is 4.42 Å². The number of carbonyl (C=O) groups is 2. The molecule has 0 N–H and O–H groups in total. The van der Waals surface area contributed by atoms with Crippen LogP contribution in [0, 0.1) is 6.92 Å². The molecule has 0 radical (unpaired) electrons. The molecule has 15 heavy (non-hydrogen) atoms. The van der Waals surface area contributed by atoms with E-state index >= 15 is 0 Å². The number of aldehydes is 1. The summed E-state index contributed by atoms with van der Waals surface area (Å²) in [5.74, 6) is 0.703. The molecule has 1 aromatic rings. The summed E-state index contributed by atoms with van der Waals surface area (Å²) in [5, 5.41) is 0. The third-order valence-corrected chi connectivity index (χ3v) is 2.32. The Morgan fingerprint density at radius 3 is 2.80 bits per heavy atom. The van der Waals surface area contributed by atoms with Gasteiger partial charge < -0.3 is 9.21 Å². The second-order valence-electron chi connectivity index (χ2n) is 3.76. The summed E-state index contributed by atoms with van der Waals surface area (Å²) >= 11 is 0. The quantitative estimate of drug-likeness (QED) is 0.552. The predicted octanol–water partition coefficient (Wildman–Crippen LogP) is 2.87. The van der Waals surface area contributed by atoms with Crippen molar-refractivity contribution in [2.24, 2.45) is 0 Å². The van der Waals surface area contributed by atoms with Crippen LogP contribution in [0.5, 0.6) is 0 Å². The van der Waals surface area contributed by atoms with Gasteiger partial charge in [-0.15, -0.1) is 0 Å². The maximum atomic E-state index is 11.6. The number of ketones is 1. The van der Waals surface area contributed by atoms with Crippen LogP contribution in [0.4, 0.5) is 0 Å². The monoisotopic (exact) mass is 208 g/mol. The minimum Gasteiger partial charge on any atom is -0.457 e. The van der Waals surface area contributed by atoms with Crippen molar-refractivity contribution in [3.63, 3.8) is 0 Å². The van der Waals surface area contributed by atoms with Gasteiger partial charge in [0.15, 0.2) is 11.5 Å². The van der Waals surface area contributed by atoms with Crippen molar-refractivity contribution in [1.82, 2.24) is 0 Å². The van der Waals surface area contributed by atoms with E-state index in [1.807, 2.05) is 13.8 Å². The number of carbonyl (C=O) groups excluding carboxylic acids is 2. The molecule has 0 aromatic carbocycles. The lowest BCUT2D eigenvalue weighted by Gasteiger charge is -1.97. The Bertz CT molecular complexity index is 363. The fourth-order valence-corrected chi connectivity index (χ4v) is 1.42. The summed E-state index contributed by atoms with van der Waals surface area (Å²) in [6, 6.07) is 1.77. The lowest BCUT2D eigenvalue weighted by atomic mass is 10.1. The first-order chi connectivity index (χ1) is 7.10. The number of furan rings is 1. The number of hydrogen-bond donors (Lipinski definition) is 0. The summed E-state index contributed by atoms with van der Waals surface area (Å²) in [6.45, 7) is 5.53. The van der Waals surface area contributed by atoms with E-state index in [1.165, 1.54) is 0 Å². The van der Waals surface area contributed by atoms with Crippen molar-refractivity contribution >= 4 is 12.1 Å². The lowest BCUT2D eigenvalue weighted by molar-refractivity contribution is -0.109. The first kappa shape index (κ1) is 11.7. The molecule has 3 heteroatoms. The van der Waals surface area contributed by atoms with Crippen LogP contribution in [-0.4, -0.2) is 12.1 Å². The van der Waals surface area contributed by atoms with Crippen LogP contribution in [0.2, 0.25) is 0 Å². The van der Waals surface area contributed by atoms with Gasteiger partial charge in [-0.1, -0.05) is 6.92 Å². The van der Waals surface area contributed by atoms with Gasteiger partial charge in [-0.05, 0) is 31.9 Å². The number of Topliss-reactive ketones (excluding diaryl/α,β-unsaturated/α-hetero) is 1. The third-order valence-electron chi connectivity index (χ3n) is 2.32. The van der Waals surface area contributed by atoms with Gasteiger partial charge in [0, 0.05) is 6.42 Å². The molecule has 1 rings (SSSR count). The first-order valence-corrected chi connectivity index (χ1v) is 5.19. The van der Waals surface area contributed by atoms with Gasteiger partial charge in [0.2, 0.25) is 0 Å². The summed E-state index contributed by atoms with van der Waals surface area (Å²) in [7, 11) is 0. The van der Waals surface area contributed by atoms with Gasteiger partial charge in [-0.25, -0.2) is 0 Å². The summed E-state index contributed by atoms with van der Waals surface area (Å²) in [4.78, 5) is 22.2. The van der Waals surface area contributed by atoms with Crippen LogP contribution in [0.15, 0.2) is 10.5 Å². The number of hydrogen-bond acceptors (Lipinski definition) is 3. The number of aryl methyl sites for hydroxylation is 1. The molecule has 3 nitrogen and oxygen atoms in total. The van der Waals surface area contributed by atoms with Crippen LogP contribution >= 0.6 is 0 Å². The van der Waals surface area contributed by atoms with Gasteiger partial charge in [0.1, 0.15) is 12.0 Å². The molecule has 1 aromatic heterocycles. The zero-order valence-corrected chi connectivity index (χ0v) is 9.37. The maximum Gasteiger partial charge on any atom is 0.198 e. The largest absolute Gasteiger partial charge is 0.457 e. The Balaban J connectivity index is 2.95. The normalized spacial score (nSPS) is 12.5. The van der Waals surface area contributed by atoms with Crippen molar-refractivity contribution in [1.29, 1.82) is 0 Å². The molecule has 0 bridgehead atoms. The van der Waals surface area contributed by atoms with Crippen molar-refractivity contribution in [3.05, 3.63) is 23.2 Å². The summed E-state index contributed by atoms with van der Waals surface area (Å²) < 4.78 is 5.40. The van der Waals surface area contributed by atoms with E-state index in [0.717, 1.165) is 18.3 Å². The Morgan fingerprint density at radius 2 is 2.27 bits per heavy atom. The van der Waals surface area contributed by atoms with Crippen molar-refractivity contribution in [2.45, 2.75) is 39.5 Å². The highest BCUT2D eigenvalue weighted by Gasteiger charge is 2.17. The van der Waals surface area contributed by atoms with E-state index in [-0.39, 0.29) is 11.7 Å². The van der Waals surface area contributed by atoms with Crippen molar-refractivity contribution < 1.29 is 14.0 Å². The van der Waals surface area contributed by atoms with E-state index in [9.17, 15) is 9.59 Å². The zero-order valence-electron chi connectivity index (χ0n) is 9.37. The second kappa shape index (κ2) is 4.91. The van der Waals surface area contributed by atoms with Crippen LogP contribution in [0.25, 0.3) is 0 Å². The summed E-state index contributed by atoms with van der Waals surface area (Å²) in [5.41, 5.74) is 0.817. The van der Waals surface area contributed by atoms with Crippen LogP contribution < -0.4 is 0 Å². The van der Waals surface area contributed by atoms with E-state index in [0.29, 0.717) is 17.9 Å². The fourth-order valence-electron chi connectivity index (χ4n) is 1.42. The Morgan fingerprint density at radius 1 is 1.60 bits per heavy atom. The maximum absolute atomic E-state index is 11.6. The molecule has 0 aliphatic heterocycles. The molecule has 0 fully saturated rings. The van der Waals surface area contributed by atoms with Gasteiger partial charge in [0.25, 0.3) is 0 Å². The molecule has 0 saturated carbocycles. The van der Waals surface area contributed by atoms with Gasteiger partial charge >= 0.3 is 0 Å². The topological polar surface area (TPSA) is 47.3 Å². The molecule has 1 heterocycles. The molecule has 1 atom stereocenters. The predicted molar refractivity (Wildman–Crippen MR) is 57.2 cm³/mol. The van der Waals surface area contributed by atoms with Crippen molar-refractivity contribution in [3.8, 4) is 0 Å². The Kier molecular flexibility index (Phi) is 3.83. The fraction of sp³-hybridized carbons (Fsp3) is 0.500. The first-order valence-electron chi connectivity index (χ1n) is 5.19. The molecule has 1 unspecified atom stereocenters. The highest BCUT2D eigenvalue weighted by molar-refractivity contribution is 5.94. The highest BCUT2D eigenvalue weighted by atomic mass is 16.3. The molecular weight excluding hydrogens is 192 g/mol. The smallest absolute Gasteiger partial charge is 0.198 e. The van der Waals surface area contributed by atoms with Crippen LogP contribution in [0.3, 0.4) is 0 Å². The van der Waals surface area contributed by atoms with Crippen LogP contribution in [0.1, 0.15) is 54.5 Å². The standard InChI is InChI=1S/C12H16O3/c1-4-5-10(14)12-8(2)6-11(15-12)9(3)7-13/h6-7,9H,4-5H2,1-3H3. The highest BCUT2D eigenvalue weighted by Crippen LogP contribution is 2.22. The molecular formula is C12H16O3. The zero-order chi connectivity index (χ0) is 11.4. The molecule has 0 spiro atoms. The molecule has 0 saturated heterocycles. The second-order valence-corrected chi connectivity index (χ2v) is 3.76. The third kappa shape index (κ3) is 2.55. The molecule has 0 aliphatic carbocycles. The van der Waals surface area contributed by atoms with Gasteiger partial charge in [-0.3, -0.25) is 4.79 Å². The SMILES string of the molecule is CCCC(=O)c1oc(C(C)C=O)cc1C. The van der Waals surface area contributed by atoms with Crippen LogP contribution in [-0.2, 0) is 4.79 Å². The van der Waals surface area contributed by atoms with Crippen molar-refractivity contribution in [2.75, 3.05) is 0 Å². The average molecular weight is 208 g/mol. The van der Waals surface area contributed by atoms with E-state index < -0.39 is 0 Å². The summed E-state index contributed by atoms with van der Waals surface area (Å²) in [6.07, 6.45) is 2.10. The Labute approximate surface area is 89.5 Å². The molecule has 0 amide bonds. The lowest BCUT2D eigenvalue weighted by Crippen LogP contribution is -1.98. The average Bonchev–Trinajstić information content (AvgIpc) is 2.59. The van der Waals surface area contributed by atoms with Gasteiger partial charge in [0.05, 0.1) is 5.92 Å².